The van der Waals surface area contributed by atoms with E-state index in [4.69, 9.17) is 4.42 Å². The highest BCUT2D eigenvalue weighted by molar-refractivity contribution is 5.20. The number of hydrogen-bond acceptors (Lipinski definition) is 3. The Kier molecular flexibility index (Phi) is 3.90. The molecule has 2 aromatic rings. The number of benzene rings is 1. The Morgan fingerprint density at radius 3 is 2.70 bits per heavy atom. The standard InChI is InChI=1S/C17H22N2O/c1-13-11-18-16(15-7-4-3-5-8-15)12-19(13)14(2)17-9-6-10-20-17/h3-10,13-14,16,18H,11-12H2,1-2H3. The average molecular weight is 270 g/mol. The molecule has 1 aliphatic rings. The molecule has 2 heterocycles. The molecule has 3 nitrogen and oxygen atoms in total. The van der Waals surface area contributed by atoms with Gasteiger partial charge < -0.3 is 9.73 Å². The molecule has 1 fully saturated rings. The predicted octanol–water partition coefficient (Wildman–Crippen LogP) is 3.38. The number of hydrogen-bond donors (Lipinski definition) is 1. The van der Waals surface area contributed by atoms with Gasteiger partial charge in [0, 0.05) is 25.2 Å². The van der Waals surface area contributed by atoms with Crippen molar-refractivity contribution in [2.45, 2.75) is 32.0 Å². The summed E-state index contributed by atoms with van der Waals surface area (Å²) in [4.78, 5) is 2.52. The molecule has 3 atom stereocenters. The van der Waals surface area contributed by atoms with Gasteiger partial charge >= 0.3 is 0 Å². The predicted molar refractivity (Wildman–Crippen MR) is 80.5 cm³/mol. The van der Waals surface area contributed by atoms with Gasteiger partial charge in [0.05, 0.1) is 12.3 Å². The molecule has 3 rings (SSSR count). The molecular weight excluding hydrogens is 248 g/mol. The monoisotopic (exact) mass is 270 g/mol. The van der Waals surface area contributed by atoms with Crippen LogP contribution >= 0.6 is 0 Å². The second-order valence-electron chi connectivity index (χ2n) is 5.61. The van der Waals surface area contributed by atoms with Gasteiger partial charge in [0.1, 0.15) is 5.76 Å². The minimum absolute atomic E-state index is 0.313. The summed E-state index contributed by atoms with van der Waals surface area (Å²) in [7, 11) is 0. The van der Waals surface area contributed by atoms with E-state index in [2.05, 4.69) is 60.5 Å². The van der Waals surface area contributed by atoms with E-state index in [1.807, 2.05) is 6.07 Å². The minimum Gasteiger partial charge on any atom is -0.468 e. The van der Waals surface area contributed by atoms with E-state index in [0.717, 1.165) is 18.8 Å². The topological polar surface area (TPSA) is 28.4 Å². The van der Waals surface area contributed by atoms with Crippen LogP contribution in [0.1, 0.15) is 37.3 Å². The third kappa shape index (κ3) is 2.65. The fraction of sp³-hybridized carbons (Fsp3) is 0.412. The van der Waals surface area contributed by atoms with Crippen molar-refractivity contribution in [3.8, 4) is 0 Å². The Bertz CT molecular complexity index is 523. The van der Waals surface area contributed by atoms with Gasteiger partial charge in [-0.1, -0.05) is 30.3 Å². The highest BCUT2D eigenvalue weighted by Crippen LogP contribution is 2.28. The first kappa shape index (κ1) is 13.4. The van der Waals surface area contributed by atoms with Crippen molar-refractivity contribution in [2.75, 3.05) is 13.1 Å². The molecule has 0 spiro atoms. The number of piperazine rings is 1. The molecule has 1 N–H and O–H groups in total. The Hall–Kier alpha value is -1.58. The van der Waals surface area contributed by atoms with Gasteiger partial charge in [0.25, 0.3) is 0 Å². The molecule has 1 aromatic carbocycles. The SMILES string of the molecule is CC1CNC(c2ccccc2)CN1C(C)c1ccco1. The van der Waals surface area contributed by atoms with Gasteiger partial charge in [0.15, 0.2) is 0 Å². The summed E-state index contributed by atoms with van der Waals surface area (Å²) in [5.41, 5.74) is 1.36. The first-order valence-electron chi connectivity index (χ1n) is 7.33. The molecule has 1 aliphatic heterocycles. The van der Waals surface area contributed by atoms with E-state index >= 15 is 0 Å². The zero-order valence-electron chi connectivity index (χ0n) is 12.1. The maximum atomic E-state index is 5.58. The Labute approximate surface area is 120 Å². The van der Waals surface area contributed by atoms with E-state index in [0.29, 0.717) is 18.1 Å². The fourth-order valence-corrected chi connectivity index (χ4v) is 3.03. The van der Waals surface area contributed by atoms with Gasteiger partial charge in [-0.2, -0.15) is 0 Å². The first-order chi connectivity index (χ1) is 9.75. The molecule has 0 bridgehead atoms. The van der Waals surface area contributed by atoms with Crippen molar-refractivity contribution < 1.29 is 4.42 Å². The van der Waals surface area contributed by atoms with Crippen LogP contribution in [-0.2, 0) is 0 Å². The average Bonchev–Trinajstić information content (AvgIpc) is 3.02. The summed E-state index contributed by atoms with van der Waals surface area (Å²) in [6.07, 6.45) is 1.76. The summed E-state index contributed by atoms with van der Waals surface area (Å²) < 4.78 is 5.58. The summed E-state index contributed by atoms with van der Waals surface area (Å²) in [6.45, 7) is 6.51. The van der Waals surface area contributed by atoms with Gasteiger partial charge in [-0.3, -0.25) is 4.90 Å². The number of nitrogens with one attached hydrogen (secondary N) is 1. The second kappa shape index (κ2) is 5.81. The zero-order valence-corrected chi connectivity index (χ0v) is 12.1. The van der Waals surface area contributed by atoms with E-state index < -0.39 is 0 Å². The Morgan fingerprint density at radius 2 is 2.00 bits per heavy atom. The molecule has 3 heteroatoms. The van der Waals surface area contributed by atoms with Crippen molar-refractivity contribution in [1.82, 2.24) is 10.2 Å². The molecule has 106 valence electrons. The molecule has 3 unspecified atom stereocenters. The molecule has 1 saturated heterocycles. The lowest BCUT2D eigenvalue weighted by Gasteiger charge is -2.41. The van der Waals surface area contributed by atoms with E-state index in [-0.39, 0.29) is 0 Å². The Balaban J connectivity index is 1.77. The lowest BCUT2D eigenvalue weighted by atomic mass is 10.0. The van der Waals surface area contributed by atoms with Crippen molar-refractivity contribution in [1.29, 1.82) is 0 Å². The largest absolute Gasteiger partial charge is 0.468 e. The van der Waals surface area contributed by atoms with Crippen LogP contribution in [0.25, 0.3) is 0 Å². The smallest absolute Gasteiger partial charge is 0.120 e. The van der Waals surface area contributed by atoms with Crippen molar-refractivity contribution >= 4 is 0 Å². The highest BCUT2D eigenvalue weighted by Gasteiger charge is 2.30. The summed E-state index contributed by atoms with van der Waals surface area (Å²) in [5, 5.41) is 3.64. The van der Waals surface area contributed by atoms with E-state index in [1.54, 1.807) is 6.26 Å². The van der Waals surface area contributed by atoms with E-state index in [9.17, 15) is 0 Å². The molecule has 0 amide bonds. The summed E-state index contributed by atoms with van der Waals surface area (Å²) in [5.74, 6) is 1.05. The van der Waals surface area contributed by atoms with Gasteiger partial charge in [-0.05, 0) is 31.5 Å². The second-order valence-corrected chi connectivity index (χ2v) is 5.61. The molecular formula is C17H22N2O. The highest BCUT2D eigenvalue weighted by atomic mass is 16.3. The van der Waals surface area contributed by atoms with Crippen LogP contribution in [-0.4, -0.2) is 24.0 Å². The van der Waals surface area contributed by atoms with Crippen molar-refractivity contribution in [2.24, 2.45) is 0 Å². The number of rotatable bonds is 3. The normalized spacial score (nSPS) is 25.5. The summed E-state index contributed by atoms with van der Waals surface area (Å²) in [6, 6.07) is 15.9. The Morgan fingerprint density at radius 1 is 1.20 bits per heavy atom. The maximum absolute atomic E-state index is 5.58. The number of furan rings is 1. The van der Waals surface area contributed by atoms with Gasteiger partial charge in [-0.25, -0.2) is 0 Å². The molecule has 1 aromatic heterocycles. The summed E-state index contributed by atoms with van der Waals surface area (Å²) >= 11 is 0. The van der Waals surface area contributed by atoms with Crippen molar-refractivity contribution in [3.63, 3.8) is 0 Å². The van der Waals surface area contributed by atoms with Crippen LogP contribution in [0, 0.1) is 0 Å². The van der Waals surface area contributed by atoms with Crippen LogP contribution in [0.2, 0.25) is 0 Å². The van der Waals surface area contributed by atoms with Crippen LogP contribution in [0.4, 0.5) is 0 Å². The van der Waals surface area contributed by atoms with Gasteiger partial charge in [-0.15, -0.1) is 0 Å². The van der Waals surface area contributed by atoms with Crippen LogP contribution in [0.15, 0.2) is 53.1 Å². The van der Waals surface area contributed by atoms with Crippen LogP contribution < -0.4 is 5.32 Å². The van der Waals surface area contributed by atoms with E-state index in [1.165, 1.54) is 5.56 Å². The van der Waals surface area contributed by atoms with Gasteiger partial charge in [0.2, 0.25) is 0 Å². The minimum atomic E-state index is 0.313. The molecule has 0 saturated carbocycles. The first-order valence-corrected chi connectivity index (χ1v) is 7.33. The third-order valence-corrected chi connectivity index (χ3v) is 4.27. The lowest BCUT2D eigenvalue weighted by Crippen LogP contribution is -2.52. The van der Waals surface area contributed by atoms with Crippen molar-refractivity contribution in [3.05, 3.63) is 60.1 Å². The van der Waals surface area contributed by atoms with Crippen LogP contribution in [0.3, 0.4) is 0 Å². The number of nitrogens with zero attached hydrogens (tertiary/aromatic N) is 1. The maximum Gasteiger partial charge on any atom is 0.120 e. The quantitative estimate of drug-likeness (QED) is 0.927. The molecule has 0 aliphatic carbocycles. The molecule has 20 heavy (non-hydrogen) atoms. The zero-order chi connectivity index (χ0) is 13.9. The third-order valence-electron chi connectivity index (χ3n) is 4.27. The fourth-order valence-electron chi connectivity index (χ4n) is 3.03. The lowest BCUT2D eigenvalue weighted by molar-refractivity contribution is 0.0876. The van der Waals surface area contributed by atoms with Crippen LogP contribution in [0.5, 0.6) is 0 Å². The molecule has 0 radical (unpaired) electrons.